The van der Waals surface area contributed by atoms with Crippen LogP contribution in [-0.4, -0.2) is 17.6 Å². The van der Waals surface area contributed by atoms with Crippen LogP contribution in [0.2, 0.25) is 0 Å². The minimum absolute atomic E-state index is 0.0696. The van der Waals surface area contributed by atoms with Gasteiger partial charge in [0.1, 0.15) is 11.6 Å². The van der Waals surface area contributed by atoms with Crippen LogP contribution < -0.4 is 5.32 Å². The summed E-state index contributed by atoms with van der Waals surface area (Å²) in [5.74, 6) is -0.667. The number of rotatable bonds is 4. The number of hydrogen-bond donors (Lipinski definition) is 2. The van der Waals surface area contributed by atoms with Gasteiger partial charge in [0.15, 0.2) is 0 Å². The minimum Gasteiger partial charge on any atom is -0.507 e. The van der Waals surface area contributed by atoms with Crippen molar-refractivity contribution in [1.29, 1.82) is 0 Å². The second kappa shape index (κ2) is 6.72. The zero-order valence-electron chi connectivity index (χ0n) is 11.5. The van der Waals surface area contributed by atoms with Crippen LogP contribution in [0.1, 0.15) is 21.5 Å². The molecular weight excluding hydrogens is 337 g/mol. The molecule has 5 heteroatoms. The molecule has 0 radical (unpaired) electrons. The molecule has 21 heavy (non-hydrogen) atoms. The number of aryl methyl sites for hydroxylation is 1. The van der Waals surface area contributed by atoms with E-state index in [4.69, 9.17) is 0 Å². The first-order valence-corrected chi connectivity index (χ1v) is 7.28. The van der Waals surface area contributed by atoms with Gasteiger partial charge < -0.3 is 10.4 Å². The topological polar surface area (TPSA) is 49.3 Å². The number of phenolic OH excluding ortho intramolecular Hbond substituents is 1. The lowest BCUT2D eigenvalue weighted by molar-refractivity contribution is 0.0951. The van der Waals surface area contributed by atoms with E-state index in [1.54, 1.807) is 18.2 Å². The summed E-state index contributed by atoms with van der Waals surface area (Å²) in [5, 5.41) is 12.5. The molecule has 2 N–H and O–H groups in total. The van der Waals surface area contributed by atoms with Gasteiger partial charge in [-0.05, 0) is 54.8 Å². The number of benzene rings is 2. The average molecular weight is 352 g/mol. The molecular formula is C16H15BrFNO2. The van der Waals surface area contributed by atoms with Crippen LogP contribution in [-0.2, 0) is 6.42 Å². The predicted molar refractivity (Wildman–Crippen MR) is 83.0 cm³/mol. The second-order valence-corrected chi connectivity index (χ2v) is 5.65. The number of carbonyl (C=O) groups excluding carboxylic acids is 1. The number of carbonyl (C=O) groups is 1. The maximum atomic E-state index is 13.0. The van der Waals surface area contributed by atoms with Gasteiger partial charge in [0, 0.05) is 11.0 Å². The number of aromatic hydroxyl groups is 1. The van der Waals surface area contributed by atoms with E-state index in [9.17, 15) is 14.3 Å². The van der Waals surface area contributed by atoms with Crippen LogP contribution in [0, 0.1) is 12.7 Å². The number of amides is 1. The number of phenols is 1. The minimum atomic E-state index is -0.334. The fourth-order valence-corrected chi connectivity index (χ4v) is 2.39. The van der Waals surface area contributed by atoms with Crippen molar-refractivity contribution in [1.82, 2.24) is 5.32 Å². The molecule has 2 aromatic rings. The van der Waals surface area contributed by atoms with Gasteiger partial charge in [-0.15, -0.1) is 0 Å². The van der Waals surface area contributed by atoms with Gasteiger partial charge in [0.2, 0.25) is 0 Å². The molecule has 110 valence electrons. The largest absolute Gasteiger partial charge is 0.507 e. The zero-order chi connectivity index (χ0) is 15.4. The maximum Gasteiger partial charge on any atom is 0.255 e. The third kappa shape index (κ3) is 4.04. The Balaban J connectivity index is 1.95. The summed E-state index contributed by atoms with van der Waals surface area (Å²) in [5.41, 5.74) is 2.07. The normalized spacial score (nSPS) is 10.4. The number of halogens is 2. The van der Waals surface area contributed by atoms with E-state index in [0.717, 1.165) is 11.1 Å². The van der Waals surface area contributed by atoms with Crippen LogP contribution >= 0.6 is 15.9 Å². The highest BCUT2D eigenvalue weighted by Crippen LogP contribution is 2.22. The summed E-state index contributed by atoms with van der Waals surface area (Å²) in [7, 11) is 0. The summed E-state index contributed by atoms with van der Waals surface area (Å²) >= 11 is 3.22. The molecule has 0 aliphatic rings. The highest BCUT2D eigenvalue weighted by molar-refractivity contribution is 9.10. The quantitative estimate of drug-likeness (QED) is 0.884. The van der Waals surface area contributed by atoms with Crippen molar-refractivity contribution in [3.63, 3.8) is 0 Å². The van der Waals surface area contributed by atoms with Gasteiger partial charge in [-0.3, -0.25) is 4.79 Å². The van der Waals surface area contributed by atoms with Crippen LogP contribution in [0.15, 0.2) is 40.9 Å². The van der Waals surface area contributed by atoms with Crippen LogP contribution in [0.4, 0.5) is 4.39 Å². The first-order chi connectivity index (χ1) is 9.97. The molecule has 0 saturated carbocycles. The van der Waals surface area contributed by atoms with Crippen molar-refractivity contribution in [2.75, 3.05) is 6.54 Å². The second-order valence-electron chi connectivity index (χ2n) is 4.74. The van der Waals surface area contributed by atoms with Crippen molar-refractivity contribution in [2.24, 2.45) is 0 Å². The molecule has 1 amide bonds. The summed E-state index contributed by atoms with van der Waals surface area (Å²) in [6, 6.07) is 9.31. The molecule has 3 nitrogen and oxygen atoms in total. The maximum absolute atomic E-state index is 13.0. The molecule has 0 fully saturated rings. The van der Waals surface area contributed by atoms with E-state index in [-0.39, 0.29) is 23.0 Å². The molecule has 0 saturated heterocycles. The van der Waals surface area contributed by atoms with Gasteiger partial charge in [-0.25, -0.2) is 4.39 Å². The van der Waals surface area contributed by atoms with Gasteiger partial charge in [0.05, 0.1) is 5.56 Å². The third-order valence-corrected chi connectivity index (χ3v) is 3.68. The van der Waals surface area contributed by atoms with Crippen molar-refractivity contribution in [2.45, 2.75) is 13.3 Å². The van der Waals surface area contributed by atoms with Crippen molar-refractivity contribution in [3.8, 4) is 5.75 Å². The Bertz CT molecular complexity index is 673. The molecule has 0 unspecified atom stereocenters. The summed E-state index contributed by atoms with van der Waals surface area (Å²) in [4.78, 5) is 12.0. The zero-order valence-corrected chi connectivity index (χ0v) is 13.1. The highest BCUT2D eigenvalue weighted by atomic mass is 79.9. The third-order valence-electron chi connectivity index (χ3n) is 3.19. The molecule has 0 bridgehead atoms. The summed E-state index contributed by atoms with van der Waals surface area (Å²) in [6.45, 7) is 2.25. The van der Waals surface area contributed by atoms with Crippen molar-refractivity contribution >= 4 is 21.8 Å². The van der Waals surface area contributed by atoms with E-state index >= 15 is 0 Å². The Kier molecular flexibility index (Phi) is 4.96. The monoisotopic (exact) mass is 351 g/mol. The first-order valence-electron chi connectivity index (χ1n) is 6.49. The van der Waals surface area contributed by atoms with Gasteiger partial charge >= 0.3 is 0 Å². The van der Waals surface area contributed by atoms with Gasteiger partial charge in [-0.2, -0.15) is 0 Å². The lowest BCUT2D eigenvalue weighted by Gasteiger charge is -2.09. The predicted octanol–water partition coefficient (Wildman–Crippen LogP) is 3.57. The highest BCUT2D eigenvalue weighted by Gasteiger charge is 2.11. The van der Waals surface area contributed by atoms with Gasteiger partial charge in [0.25, 0.3) is 5.91 Å². The molecule has 0 aliphatic heterocycles. The Hall–Kier alpha value is -1.88. The lowest BCUT2D eigenvalue weighted by Crippen LogP contribution is -2.25. The number of nitrogens with one attached hydrogen (secondary N) is 1. The molecule has 0 spiro atoms. The van der Waals surface area contributed by atoms with Crippen LogP contribution in [0.5, 0.6) is 5.75 Å². The smallest absolute Gasteiger partial charge is 0.255 e. The summed E-state index contributed by atoms with van der Waals surface area (Å²) < 4.78 is 13.7. The van der Waals surface area contributed by atoms with E-state index < -0.39 is 0 Å². The van der Waals surface area contributed by atoms with Crippen LogP contribution in [0.3, 0.4) is 0 Å². The lowest BCUT2D eigenvalue weighted by atomic mass is 10.1. The molecule has 0 aliphatic carbocycles. The first kappa shape index (κ1) is 15.5. The Morgan fingerprint density at radius 1 is 1.29 bits per heavy atom. The number of hydrogen-bond acceptors (Lipinski definition) is 2. The van der Waals surface area contributed by atoms with E-state index in [1.807, 2.05) is 6.92 Å². The van der Waals surface area contributed by atoms with E-state index in [0.29, 0.717) is 17.4 Å². The average Bonchev–Trinajstić information content (AvgIpc) is 2.41. The standard InChI is InChI=1S/C16H15BrFNO2/c1-10-8-13(18)4-2-11(10)6-7-19-16(21)14-5-3-12(17)9-15(14)20/h2-5,8-9,20H,6-7H2,1H3,(H,19,21). The molecule has 2 rings (SSSR count). The fraction of sp³-hybridized carbons (Fsp3) is 0.188. The van der Waals surface area contributed by atoms with E-state index in [2.05, 4.69) is 21.2 Å². The SMILES string of the molecule is Cc1cc(F)ccc1CCNC(=O)c1ccc(Br)cc1O. The fourth-order valence-electron chi connectivity index (χ4n) is 2.04. The Labute approximate surface area is 130 Å². The van der Waals surface area contributed by atoms with Crippen molar-refractivity contribution in [3.05, 3.63) is 63.4 Å². The van der Waals surface area contributed by atoms with E-state index in [1.165, 1.54) is 18.2 Å². The van der Waals surface area contributed by atoms with Gasteiger partial charge in [-0.1, -0.05) is 22.0 Å². The molecule has 0 heterocycles. The molecule has 0 aromatic heterocycles. The van der Waals surface area contributed by atoms with Crippen molar-refractivity contribution < 1.29 is 14.3 Å². The Morgan fingerprint density at radius 3 is 2.71 bits per heavy atom. The molecule has 0 atom stereocenters. The Morgan fingerprint density at radius 2 is 2.05 bits per heavy atom. The van der Waals surface area contributed by atoms with Crippen LogP contribution in [0.25, 0.3) is 0 Å². The molecule has 2 aromatic carbocycles. The summed E-state index contributed by atoms with van der Waals surface area (Å²) in [6.07, 6.45) is 0.606.